The number of H-pyrrole nitrogens is 1. The zero-order valence-corrected chi connectivity index (χ0v) is 19.4. The topological polar surface area (TPSA) is 86.8 Å². The second kappa shape index (κ2) is 8.31. The van der Waals surface area contributed by atoms with E-state index < -0.39 is 0 Å². The minimum atomic E-state index is -0.0791. The molecule has 7 heteroatoms. The summed E-state index contributed by atoms with van der Waals surface area (Å²) >= 11 is 0. The average molecular weight is 441 g/mol. The molecule has 0 bridgehead atoms. The monoisotopic (exact) mass is 440 g/mol. The van der Waals surface area contributed by atoms with Crippen LogP contribution in [0, 0.1) is 20.8 Å². The lowest BCUT2D eigenvalue weighted by molar-refractivity contribution is 0.0962. The summed E-state index contributed by atoms with van der Waals surface area (Å²) in [6.07, 6.45) is 4.73. The van der Waals surface area contributed by atoms with Crippen molar-refractivity contribution in [3.63, 3.8) is 0 Å². The number of hydrogen-bond acceptors (Lipinski definition) is 5. The number of hydrogen-bond donors (Lipinski definition) is 2. The summed E-state index contributed by atoms with van der Waals surface area (Å²) in [4.78, 5) is 32.2. The number of benzene rings is 2. The Labute approximate surface area is 193 Å². The van der Waals surface area contributed by atoms with Crippen molar-refractivity contribution in [2.24, 2.45) is 0 Å². The Hall–Kier alpha value is -3.74. The third-order valence-corrected chi connectivity index (χ3v) is 6.68. The first-order chi connectivity index (χ1) is 16.0. The molecule has 0 saturated carbocycles. The highest BCUT2D eigenvalue weighted by Crippen LogP contribution is 2.36. The van der Waals surface area contributed by atoms with Crippen LogP contribution in [0.2, 0.25) is 0 Å². The Morgan fingerprint density at radius 1 is 1.06 bits per heavy atom. The average Bonchev–Trinajstić information content (AvgIpc) is 3.28. The zero-order chi connectivity index (χ0) is 23.1. The van der Waals surface area contributed by atoms with Crippen LogP contribution in [-0.2, 0) is 6.42 Å². The molecule has 2 N–H and O–H groups in total. The Morgan fingerprint density at radius 3 is 2.55 bits per heavy atom. The maximum Gasteiger partial charge on any atom is 0.259 e. The van der Waals surface area contributed by atoms with Gasteiger partial charge in [-0.25, -0.2) is 15.0 Å². The molecule has 0 spiro atoms. The summed E-state index contributed by atoms with van der Waals surface area (Å²) in [7, 11) is 0. The molecule has 1 amide bonds. The highest BCUT2D eigenvalue weighted by atomic mass is 16.2. The fourth-order valence-corrected chi connectivity index (χ4v) is 5.09. The number of imidazole rings is 1. The number of anilines is 2. The second-order valence-electron chi connectivity index (χ2n) is 8.78. The number of nitrogens with zero attached hydrogens (tertiary/aromatic N) is 4. The number of rotatable bonds is 5. The minimum absolute atomic E-state index is 0.0250. The molecule has 0 radical (unpaired) electrons. The van der Waals surface area contributed by atoms with Crippen LogP contribution < -0.4 is 10.2 Å². The number of aromatic nitrogens is 4. The highest BCUT2D eigenvalue weighted by Gasteiger charge is 2.39. The first-order valence-corrected chi connectivity index (χ1v) is 11.4. The lowest BCUT2D eigenvalue weighted by atomic mass is 9.85. The minimum Gasteiger partial charge on any atom is -0.363 e. The summed E-state index contributed by atoms with van der Waals surface area (Å²) < 4.78 is 0. The SMILES string of the molecule is CCC(Nc1ncnc2nc[nH]c12)C1Cc2cccc(C)c2C(=O)N1c1c(C)cccc1C. The van der Waals surface area contributed by atoms with Gasteiger partial charge in [-0.2, -0.15) is 0 Å². The van der Waals surface area contributed by atoms with Gasteiger partial charge < -0.3 is 15.2 Å². The fourth-order valence-electron chi connectivity index (χ4n) is 5.09. The fraction of sp³-hybridized carbons (Fsp3) is 0.308. The van der Waals surface area contributed by atoms with Crippen LogP contribution in [0.5, 0.6) is 0 Å². The number of carbonyl (C=O) groups excluding carboxylic acids is 1. The van der Waals surface area contributed by atoms with Gasteiger partial charge in [0.15, 0.2) is 11.5 Å². The molecule has 1 aliphatic heterocycles. The number of nitrogens with one attached hydrogen (secondary N) is 2. The Balaban J connectivity index is 1.63. The number of fused-ring (bicyclic) bond motifs is 2. The largest absolute Gasteiger partial charge is 0.363 e. The van der Waals surface area contributed by atoms with Gasteiger partial charge in [-0.1, -0.05) is 43.3 Å². The maximum absolute atomic E-state index is 14.1. The van der Waals surface area contributed by atoms with Crippen molar-refractivity contribution < 1.29 is 4.79 Å². The summed E-state index contributed by atoms with van der Waals surface area (Å²) in [6.45, 7) is 8.31. The molecule has 0 fully saturated rings. The standard InChI is InChI=1S/C26H28N6O/c1-5-19(31-25-22-24(28-13-27-22)29-14-30-25)20-12-18-11-7-8-15(2)21(18)26(33)32(20)23-16(3)9-6-10-17(23)4/h6-11,13-14,19-20H,5,12H2,1-4H3,(H2,27,28,29,30,31). The van der Waals surface area contributed by atoms with Crippen molar-refractivity contribution in [2.45, 2.75) is 52.6 Å². The van der Waals surface area contributed by atoms with Gasteiger partial charge in [0.05, 0.1) is 18.1 Å². The second-order valence-corrected chi connectivity index (χ2v) is 8.78. The van der Waals surface area contributed by atoms with Gasteiger partial charge >= 0.3 is 0 Å². The van der Waals surface area contributed by atoms with E-state index in [1.807, 2.05) is 30.0 Å². The predicted molar refractivity (Wildman–Crippen MR) is 131 cm³/mol. The summed E-state index contributed by atoms with van der Waals surface area (Å²) in [5.74, 6) is 0.764. The van der Waals surface area contributed by atoms with Crippen molar-refractivity contribution >= 4 is 28.6 Å². The normalized spacial score (nSPS) is 16.7. The Kier molecular flexibility index (Phi) is 5.32. The van der Waals surface area contributed by atoms with Gasteiger partial charge in [0.2, 0.25) is 0 Å². The van der Waals surface area contributed by atoms with Gasteiger partial charge in [0, 0.05) is 11.6 Å². The van der Waals surface area contributed by atoms with Crippen molar-refractivity contribution in [3.8, 4) is 0 Å². The maximum atomic E-state index is 14.1. The van der Waals surface area contributed by atoms with Gasteiger partial charge in [0.1, 0.15) is 11.8 Å². The van der Waals surface area contributed by atoms with E-state index >= 15 is 0 Å². The number of amides is 1. The van der Waals surface area contributed by atoms with Crippen LogP contribution in [0.4, 0.5) is 11.5 Å². The van der Waals surface area contributed by atoms with Crippen molar-refractivity contribution in [3.05, 3.63) is 76.9 Å². The highest BCUT2D eigenvalue weighted by molar-refractivity contribution is 6.10. The number of carbonyl (C=O) groups is 1. The van der Waals surface area contributed by atoms with E-state index in [0.29, 0.717) is 11.5 Å². The molecular formula is C26H28N6O. The smallest absolute Gasteiger partial charge is 0.259 e. The van der Waals surface area contributed by atoms with Gasteiger partial charge in [-0.3, -0.25) is 4.79 Å². The van der Waals surface area contributed by atoms with E-state index in [0.717, 1.165) is 51.9 Å². The van der Waals surface area contributed by atoms with Crippen LogP contribution in [0.25, 0.3) is 11.2 Å². The van der Waals surface area contributed by atoms with E-state index in [9.17, 15) is 4.79 Å². The molecule has 168 valence electrons. The van der Waals surface area contributed by atoms with Crippen molar-refractivity contribution in [1.29, 1.82) is 0 Å². The first kappa shape index (κ1) is 21.1. The third kappa shape index (κ3) is 3.53. The van der Waals surface area contributed by atoms with Crippen molar-refractivity contribution in [1.82, 2.24) is 19.9 Å². The quantitative estimate of drug-likeness (QED) is 0.468. The van der Waals surface area contributed by atoms with E-state index in [2.05, 4.69) is 64.2 Å². The molecule has 1 aliphatic rings. The molecule has 5 rings (SSSR count). The molecule has 2 unspecified atom stereocenters. The van der Waals surface area contributed by atoms with Crippen LogP contribution in [-0.4, -0.2) is 37.9 Å². The molecular weight excluding hydrogens is 412 g/mol. The molecule has 0 saturated heterocycles. The van der Waals surface area contributed by atoms with Crippen LogP contribution in [0.1, 0.15) is 46.0 Å². The Bertz CT molecular complexity index is 1320. The van der Waals surface area contributed by atoms with Crippen LogP contribution in [0.15, 0.2) is 49.1 Å². The molecule has 3 heterocycles. The first-order valence-electron chi connectivity index (χ1n) is 11.4. The zero-order valence-electron chi connectivity index (χ0n) is 19.4. The molecule has 2 aromatic heterocycles. The lowest BCUT2D eigenvalue weighted by Crippen LogP contribution is -2.54. The molecule has 7 nitrogen and oxygen atoms in total. The Morgan fingerprint density at radius 2 is 1.79 bits per heavy atom. The van der Waals surface area contributed by atoms with Gasteiger partial charge in [-0.05, 0) is 55.9 Å². The number of para-hydroxylation sites is 1. The third-order valence-electron chi connectivity index (χ3n) is 6.68. The van der Waals surface area contributed by atoms with Gasteiger partial charge in [0.25, 0.3) is 5.91 Å². The molecule has 0 aliphatic carbocycles. The van der Waals surface area contributed by atoms with Gasteiger partial charge in [-0.15, -0.1) is 0 Å². The molecule has 2 aromatic carbocycles. The summed E-state index contributed by atoms with van der Waals surface area (Å²) in [5.41, 5.74) is 7.52. The molecule has 33 heavy (non-hydrogen) atoms. The molecule has 4 aromatic rings. The number of aryl methyl sites for hydroxylation is 3. The summed E-state index contributed by atoms with van der Waals surface area (Å²) in [5, 5.41) is 3.62. The van der Waals surface area contributed by atoms with Crippen LogP contribution in [0.3, 0.4) is 0 Å². The van der Waals surface area contributed by atoms with E-state index in [1.54, 1.807) is 6.33 Å². The predicted octanol–water partition coefficient (Wildman–Crippen LogP) is 4.74. The van der Waals surface area contributed by atoms with Crippen molar-refractivity contribution in [2.75, 3.05) is 10.2 Å². The molecule has 2 atom stereocenters. The summed E-state index contributed by atoms with van der Waals surface area (Å²) in [6, 6.07) is 12.2. The van der Waals surface area contributed by atoms with E-state index in [1.165, 1.54) is 6.33 Å². The lowest BCUT2D eigenvalue weighted by Gasteiger charge is -2.42. The number of aromatic amines is 1. The van der Waals surface area contributed by atoms with E-state index in [-0.39, 0.29) is 18.0 Å². The van der Waals surface area contributed by atoms with E-state index in [4.69, 9.17) is 0 Å². The van der Waals surface area contributed by atoms with Crippen LogP contribution >= 0.6 is 0 Å².